The fourth-order valence-corrected chi connectivity index (χ4v) is 5.14. The Morgan fingerprint density at radius 3 is 2.58 bits per heavy atom. The number of thioether (sulfide) groups is 1. The summed E-state index contributed by atoms with van der Waals surface area (Å²) in [6, 6.07) is 7.49. The monoisotopic (exact) mass is 370 g/mol. The van der Waals surface area contributed by atoms with Crippen LogP contribution in [0.1, 0.15) is 29.5 Å². The minimum absolute atomic E-state index is 0.802. The van der Waals surface area contributed by atoms with E-state index in [1.54, 1.807) is 0 Å². The van der Waals surface area contributed by atoms with Gasteiger partial charge in [0, 0.05) is 48.3 Å². The number of H-pyrrole nitrogens is 1. The summed E-state index contributed by atoms with van der Waals surface area (Å²) in [6.07, 6.45) is 4.63. The third-order valence-corrected chi connectivity index (χ3v) is 6.97. The summed E-state index contributed by atoms with van der Waals surface area (Å²) < 4.78 is 0. The molecule has 2 aliphatic rings. The van der Waals surface area contributed by atoms with E-state index in [1.165, 1.54) is 78.5 Å². The Bertz CT molecular complexity index is 727. The Balaban J connectivity index is 1.38. The number of hydrogen-bond acceptors (Lipinski definition) is 4. The lowest BCUT2D eigenvalue weighted by molar-refractivity contribution is 0.112. The highest BCUT2D eigenvalue weighted by Crippen LogP contribution is 2.26. The molecule has 0 bridgehead atoms. The van der Waals surface area contributed by atoms with E-state index < -0.39 is 0 Å². The number of benzene rings is 1. The van der Waals surface area contributed by atoms with Crippen molar-refractivity contribution in [2.45, 2.75) is 39.3 Å². The number of nitrogens with zero attached hydrogens (tertiary/aromatic N) is 3. The zero-order valence-corrected chi connectivity index (χ0v) is 16.8. The molecule has 5 heteroatoms. The molecule has 26 heavy (non-hydrogen) atoms. The van der Waals surface area contributed by atoms with Crippen LogP contribution in [0.4, 0.5) is 0 Å². The molecule has 0 aliphatic carbocycles. The molecule has 0 spiro atoms. The number of likely N-dealkylation sites (tertiary alicyclic amines) is 1. The molecule has 4 nitrogen and oxygen atoms in total. The Labute approximate surface area is 161 Å². The molecule has 0 atom stereocenters. The molecule has 2 saturated heterocycles. The summed E-state index contributed by atoms with van der Waals surface area (Å²) >= 11 is 2.10. The topological polar surface area (TPSA) is 35.2 Å². The SMILES string of the molecule is Cc1ccc(-c2[nH]ncc2CN2CCC(N3CCSCC3)CC2)cc1C. The predicted molar refractivity (Wildman–Crippen MR) is 111 cm³/mol. The van der Waals surface area contributed by atoms with Crippen molar-refractivity contribution in [1.29, 1.82) is 0 Å². The second-order valence-corrected chi connectivity index (χ2v) is 8.95. The molecule has 1 N–H and O–H groups in total. The van der Waals surface area contributed by atoms with Gasteiger partial charge in [-0.1, -0.05) is 12.1 Å². The van der Waals surface area contributed by atoms with E-state index >= 15 is 0 Å². The van der Waals surface area contributed by atoms with Crippen molar-refractivity contribution in [3.63, 3.8) is 0 Å². The van der Waals surface area contributed by atoms with Crippen molar-refractivity contribution in [1.82, 2.24) is 20.0 Å². The van der Waals surface area contributed by atoms with Crippen molar-refractivity contribution in [3.8, 4) is 11.3 Å². The summed E-state index contributed by atoms with van der Waals surface area (Å²) in [5, 5.41) is 7.57. The zero-order valence-electron chi connectivity index (χ0n) is 16.0. The molecule has 2 aliphatic heterocycles. The molecule has 140 valence electrons. The van der Waals surface area contributed by atoms with E-state index in [4.69, 9.17) is 0 Å². The van der Waals surface area contributed by atoms with Gasteiger partial charge in [-0.25, -0.2) is 0 Å². The summed E-state index contributed by atoms with van der Waals surface area (Å²) in [5.74, 6) is 2.63. The van der Waals surface area contributed by atoms with Crippen molar-refractivity contribution in [3.05, 3.63) is 41.1 Å². The van der Waals surface area contributed by atoms with Crippen LogP contribution in [0.3, 0.4) is 0 Å². The van der Waals surface area contributed by atoms with Gasteiger partial charge in [-0.15, -0.1) is 0 Å². The fourth-order valence-electron chi connectivity index (χ4n) is 4.20. The number of aryl methyl sites for hydroxylation is 2. The molecule has 0 unspecified atom stereocenters. The Morgan fingerprint density at radius 2 is 1.85 bits per heavy atom. The smallest absolute Gasteiger partial charge is 0.0695 e. The van der Waals surface area contributed by atoms with Gasteiger partial charge in [-0.2, -0.15) is 16.9 Å². The first-order chi connectivity index (χ1) is 12.7. The van der Waals surface area contributed by atoms with Crippen molar-refractivity contribution in [2.24, 2.45) is 0 Å². The van der Waals surface area contributed by atoms with E-state index in [-0.39, 0.29) is 0 Å². The summed E-state index contributed by atoms with van der Waals surface area (Å²) in [6.45, 7) is 10.3. The van der Waals surface area contributed by atoms with Gasteiger partial charge in [0.25, 0.3) is 0 Å². The highest BCUT2D eigenvalue weighted by Gasteiger charge is 2.26. The predicted octanol–water partition coefficient (Wildman–Crippen LogP) is 3.71. The maximum atomic E-state index is 4.34. The van der Waals surface area contributed by atoms with Crippen LogP contribution < -0.4 is 0 Å². The van der Waals surface area contributed by atoms with E-state index in [1.807, 2.05) is 6.20 Å². The standard InChI is InChI=1S/C21H30N4S/c1-16-3-4-18(13-17(16)2)21-19(14-22-23-21)15-24-7-5-20(6-8-24)25-9-11-26-12-10-25/h3-4,13-14,20H,5-12,15H2,1-2H3,(H,22,23). The quantitative estimate of drug-likeness (QED) is 0.890. The molecule has 4 rings (SSSR count). The molecule has 0 saturated carbocycles. The third-order valence-electron chi connectivity index (χ3n) is 6.03. The first kappa shape index (κ1) is 18.1. The Morgan fingerprint density at radius 1 is 1.08 bits per heavy atom. The van der Waals surface area contributed by atoms with Crippen LogP contribution in [-0.2, 0) is 6.54 Å². The van der Waals surface area contributed by atoms with Gasteiger partial charge >= 0.3 is 0 Å². The largest absolute Gasteiger partial charge is 0.299 e. The van der Waals surface area contributed by atoms with Crippen LogP contribution in [-0.4, -0.2) is 63.7 Å². The number of piperidine rings is 1. The average Bonchev–Trinajstić information content (AvgIpc) is 3.13. The van der Waals surface area contributed by atoms with Gasteiger partial charge in [0.05, 0.1) is 11.9 Å². The minimum atomic E-state index is 0.802. The van der Waals surface area contributed by atoms with Crippen LogP contribution in [0.5, 0.6) is 0 Å². The van der Waals surface area contributed by atoms with Gasteiger partial charge in [-0.3, -0.25) is 14.9 Å². The zero-order chi connectivity index (χ0) is 17.9. The van der Waals surface area contributed by atoms with Crippen LogP contribution in [0.15, 0.2) is 24.4 Å². The lowest BCUT2D eigenvalue weighted by atomic mass is 10.0. The van der Waals surface area contributed by atoms with Crippen molar-refractivity contribution < 1.29 is 0 Å². The van der Waals surface area contributed by atoms with E-state index in [9.17, 15) is 0 Å². The number of aromatic nitrogens is 2. The summed E-state index contributed by atoms with van der Waals surface area (Å²) in [4.78, 5) is 5.33. The molecule has 0 radical (unpaired) electrons. The lowest BCUT2D eigenvalue weighted by Crippen LogP contribution is -2.47. The molecule has 1 aromatic heterocycles. The molecule has 2 fully saturated rings. The van der Waals surface area contributed by atoms with Gasteiger partial charge in [0.2, 0.25) is 0 Å². The van der Waals surface area contributed by atoms with Crippen molar-refractivity contribution >= 4 is 11.8 Å². The fraction of sp³-hybridized carbons (Fsp3) is 0.571. The molecular formula is C21H30N4S. The highest BCUT2D eigenvalue weighted by atomic mass is 32.2. The third kappa shape index (κ3) is 4.00. The van der Waals surface area contributed by atoms with Gasteiger partial charge in [0.1, 0.15) is 0 Å². The Kier molecular flexibility index (Phi) is 5.67. The van der Waals surface area contributed by atoms with Gasteiger partial charge in [0.15, 0.2) is 0 Å². The minimum Gasteiger partial charge on any atom is -0.299 e. The van der Waals surface area contributed by atoms with E-state index in [2.05, 4.69) is 63.8 Å². The number of nitrogens with one attached hydrogen (secondary N) is 1. The maximum Gasteiger partial charge on any atom is 0.0695 e. The van der Waals surface area contributed by atoms with Crippen LogP contribution in [0.25, 0.3) is 11.3 Å². The normalized spacial score (nSPS) is 20.5. The molecule has 2 aromatic rings. The van der Waals surface area contributed by atoms with Crippen molar-refractivity contribution in [2.75, 3.05) is 37.7 Å². The highest BCUT2D eigenvalue weighted by molar-refractivity contribution is 7.99. The van der Waals surface area contributed by atoms with Crippen LogP contribution in [0, 0.1) is 13.8 Å². The first-order valence-electron chi connectivity index (χ1n) is 9.85. The lowest BCUT2D eigenvalue weighted by Gasteiger charge is -2.40. The summed E-state index contributed by atoms with van der Waals surface area (Å²) in [5.41, 5.74) is 6.43. The van der Waals surface area contributed by atoms with Crippen LogP contribution in [0.2, 0.25) is 0 Å². The summed E-state index contributed by atoms with van der Waals surface area (Å²) in [7, 11) is 0. The molecule has 1 aromatic carbocycles. The second kappa shape index (κ2) is 8.15. The van der Waals surface area contributed by atoms with E-state index in [0.717, 1.165) is 12.6 Å². The molecular weight excluding hydrogens is 340 g/mol. The second-order valence-electron chi connectivity index (χ2n) is 7.72. The average molecular weight is 371 g/mol. The molecule has 0 amide bonds. The van der Waals surface area contributed by atoms with E-state index in [0.29, 0.717) is 0 Å². The van der Waals surface area contributed by atoms with Gasteiger partial charge < -0.3 is 0 Å². The van der Waals surface area contributed by atoms with Crippen LogP contribution >= 0.6 is 11.8 Å². The first-order valence-corrected chi connectivity index (χ1v) is 11.0. The number of aromatic amines is 1. The number of hydrogen-bond donors (Lipinski definition) is 1. The van der Waals surface area contributed by atoms with Gasteiger partial charge in [-0.05, 0) is 57.0 Å². The molecule has 3 heterocycles. The number of rotatable bonds is 4. The maximum absolute atomic E-state index is 4.34. The Hall–Kier alpha value is -1.30.